The summed E-state index contributed by atoms with van der Waals surface area (Å²) in [5.74, 6) is 0.0437. The Hall–Kier alpha value is -2.77. The zero-order chi connectivity index (χ0) is 25.4. The van der Waals surface area contributed by atoms with E-state index in [-0.39, 0.29) is 17.7 Å². The highest BCUT2D eigenvalue weighted by Gasteiger charge is 2.41. The molecule has 196 valence electrons. The van der Waals surface area contributed by atoms with Crippen LogP contribution >= 0.6 is 0 Å². The van der Waals surface area contributed by atoms with E-state index in [4.69, 9.17) is 0 Å². The lowest BCUT2D eigenvalue weighted by molar-refractivity contribution is -0.144. The number of carboxylic acids is 1. The number of carbonyl (C=O) groups is 1. The predicted molar refractivity (Wildman–Crippen MR) is 142 cm³/mol. The first kappa shape index (κ1) is 24.6. The fraction of sp³-hybridized carbons (Fsp3) is 0.533. The molecule has 3 fully saturated rings. The van der Waals surface area contributed by atoms with Crippen molar-refractivity contribution in [1.29, 1.82) is 0 Å². The van der Waals surface area contributed by atoms with Gasteiger partial charge in [-0.25, -0.2) is 9.37 Å². The van der Waals surface area contributed by atoms with Crippen molar-refractivity contribution < 1.29 is 14.3 Å². The van der Waals surface area contributed by atoms with Crippen LogP contribution < -0.4 is 0 Å². The molecule has 0 radical (unpaired) electrons. The van der Waals surface area contributed by atoms with Crippen molar-refractivity contribution in [3.63, 3.8) is 0 Å². The predicted octanol–water partition coefficient (Wildman–Crippen LogP) is 5.17. The molecule has 7 heteroatoms. The Labute approximate surface area is 218 Å². The summed E-state index contributed by atoms with van der Waals surface area (Å²) in [6.45, 7) is 4.39. The Morgan fingerprint density at radius 2 is 1.86 bits per heavy atom. The third-order valence-corrected chi connectivity index (χ3v) is 9.18. The number of fused-ring (bicyclic) bond motifs is 1. The van der Waals surface area contributed by atoms with Crippen molar-refractivity contribution in [2.45, 2.75) is 56.5 Å². The van der Waals surface area contributed by atoms with Crippen LogP contribution in [0.15, 0.2) is 54.9 Å². The molecule has 0 amide bonds. The first-order chi connectivity index (χ1) is 18.0. The van der Waals surface area contributed by atoms with Gasteiger partial charge in [0, 0.05) is 44.7 Å². The van der Waals surface area contributed by atoms with Crippen LogP contribution in [0.2, 0.25) is 0 Å². The van der Waals surface area contributed by atoms with E-state index in [2.05, 4.69) is 37.5 Å². The van der Waals surface area contributed by atoms with Crippen LogP contribution in [0.5, 0.6) is 0 Å². The zero-order valence-corrected chi connectivity index (χ0v) is 21.4. The molecule has 1 N–H and O–H groups in total. The Balaban J connectivity index is 1.15. The molecular weight excluding hydrogens is 467 g/mol. The maximum atomic E-state index is 14.2. The number of halogens is 1. The molecule has 3 aromatic rings. The Kier molecular flexibility index (Phi) is 7.00. The van der Waals surface area contributed by atoms with Gasteiger partial charge in [-0.1, -0.05) is 43.5 Å². The number of hydrogen-bond donors (Lipinski definition) is 1. The van der Waals surface area contributed by atoms with Crippen molar-refractivity contribution in [3.05, 3.63) is 66.2 Å². The summed E-state index contributed by atoms with van der Waals surface area (Å²) in [5.41, 5.74) is 3.24. The molecule has 3 aliphatic rings. The minimum atomic E-state index is -0.709. The summed E-state index contributed by atoms with van der Waals surface area (Å²) in [6.07, 6.45) is 8.37. The first-order valence-electron chi connectivity index (χ1n) is 13.9. The standard InChI is InChI=1S/C30H37FN4O2/c31-24-8-4-7-22(16-24)26-19-34(29(30(36)37)15-21-5-3-6-21)18-23(26)17-33-13-11-25(12-14-33)35-20-32-27-9-1-2-10-28(27)35/h1-2,4,7-10,16,20-21,23,25-26,29H,3,5-6,11-15,17-19H2,(H,36,37). The Morgan fingerprint density at radius 3 is 2.59 bits per heavy atom. The van der Waals surface area contributed by atoms with E-state index in [1.54, 1.807) is 12.1 Å². The Bertz CT molecular complexity index is 1230. The van der Waals surface area contributed by atoms with Crippen LogP contribution in [-0.2, 0) is 4.79 Å². The van der Waals surface area contributed by atoms with E-state index in [9.17, 15) is 14.3 Å². The maximum Gasteiger partial charge on any atom is 0.320 e. The largest absolute Gasteiger partial charge is 0.480 e. The second-order valence-corrected chi connectivity index (χ2v) is 11.4. The lowest BCUT2D eigenvalue weighted by atomic mass is 9.80. The molecule has 6 nitrogen and oxygen atoms in total. The average molecular weight is 505 g/mol. The lowest BCUT2D eigenvalue weighted by Gasteiger charge is -2.35. The molecule has 3 heterocycles. The number of aromatic nitrogens is 2. The van der Waals surface area contributed by atoms with E-state index in [0.29, 0.717) is 18.5 Å². The summed E-state index contributed by atoms with van der Waals surface area (Å²) < 4.78 is 16.5. The minimum Gasteiger partial charge on any atom is -0.480 e. The quantitative estimate of drug-likeness (QED) is 0.459. The molecule has 3 unspecified atom stereocenters. The molecule has 2 saturated heterocycles. The Morgan fingerprint density at radius 1 is 1.05 bits per heavy atom. The number of aliphatic carboxylic acids is 1. The van der Waals surface area contributed by atoms with Crippen molar-refractivity contribution in [1.82, 2.24) is 19.4 Å². The molecule has 2 aromatic carbocycles. The van der Waals surface area contributed by atoms with Crippen LogP contribution in [0.4, 0.5) is 4.39 Å². The van der Waals surface area contributed by atoms with Crippen molar-refractivity contribution >= 4 is 17.0 Å². The maximum absolute atomic E-state index is 14.2. The number of rotatable bonds is 8. The third kappa shape index (κ3) is 5.16. The fourth-order valence-electron chi connectivity index (χ4n) is 6.89. The van der Waals surface area contributed by atoms with Crippen LogP contribution in [-0.4, -0.2) is 69.2 Å². The third-order valence-electron chi connectivity index (χ3n) is 9.18. The molecule has 6 rings (SSSR count). The van der Waals surface area contributed by atoms with Gasteiger partial charge in [0.2, 0.25) is 0 Å². The molecule has 1 saturated carbocycles. The summed E-state index contributed by atoms with van der Waals surface area (Å²) >= 11 is 0. The number of benzene rings is 2. The van der Waals surface area contributed by atoms with E-state index < -0.39 is 12.0 Å². The molecular formula is C30H37FN4O2. The van der Waals surface area contributed by atoms with Gasteiger partial charge in [-0.2, -0.15) is 0 Å². The normalized spacial score (nSPS) is 24.9. The number of hydrogen-bond acceptors (Lipinski definition) is 4. The number of piperidine rings is 1. The highest BCUT2D eigenvalue weighted by molar-refractivity contribution is 5.75. The van der Waals surface area contributed by atoms with Crippen LogP contribution in [0.1, 0.15) is 56.0 Å². The molecule has 37 heavy (non-hydrogen) atoms. The summed E-state index contributed by atoms with van der Waals surface area (Å²) in [5, 5.41) is 10.1. The topological polar surface area (TPSA) is 61.6 Å². The van der Waals surface area contributed by atoms with E-state index in [1.807, 2.05) is 18.5 Å². The van der Waals surface area contributed by atoms with Crippen molar-refractivity contribution in [2.75, 3.05) is 32.7 Å². The zero-order valence-electron chi connectivity index (χ0n) is 21.4. The van der Waals surface area contributed by atoms with Crippen LogP contribution in [0.25, 0.3) is 11.0 Å². The van der Waals surface area contributed by atoms with Crippen LogP contribution in [0.3, 0.4) is 0 Å². The number of nitrogens with zero attached hydrogens (tertiary/aromatic N) is 4. The first-order valence-corrected chi connectivity index (χ1v) is 13.9. The highest BCUT2D eigenvalue weighted by Crippen LogP contribution is 2.39. The summed E-state index contributed by atoms with van der Waals surface area (Å²) in [6, 6.07) is 15.3. The van der Waals surface area contributed by atoms with Gasteiger partial charge in [0.15, 0.2) is 0 Å². The minimum absolute atomic E-state index is 0.147. The number of para-hydroxylation sites is 2. The number of carboxylic acid groups (broad SMARTS) is 1. The van der Waals surface area contributed by atoms with E-state index >= 15 is 0 Å². The molecule has 1 aliphatic carbocycles. The second-order valence-electron chi connectivity index (χ2n) is 11.4. The molecule has 3 atom stereocenters. The van der Waals surface area contributed by atoms with Gasteiger partial charge in [0.25, 0.3) is 0 Å². The summed E-state index contributed by atoms with van der Waals surface area (Å²) in [4.78, 5) is 21.6. The monoisotopic (exact) mass is 504 g/mol. The smallest absolute Gasteiger partial charge is 0.320 e. The van der Waals surface area contributed by atoms with Gasteiger partial charge >= 0.3 is 5.97 Å². The van der Waals surface area contributed by atoms with E-state index in [0.717, 1.165) is 69.4 Å². The van der Waals surface area contributed by atoms with Gasteiger partial charge < -0.3 is 14.6 Å². The van der Waals surface area contributed by atoms with Crippen LogP contribution in [0, 0.1) is 17.7 Å². The van der Waals surface area contributed by atoms with Crippen molar-refractivity contribution in [2.24, 2.45) is 11.8 Å². The molecule has 0 spiro atoms. The molecule has 1 aromatic heterocycles. The second kappa shape index (κ2) is 10.5. The SMILES string of the molecule is O=C(O)C(CC1CCC1)N1CC(CN2CCC(n3cnc4ccccc43)CC2)C(c2cccc(F)c2)C1. The van der Waals surface area contributed by atoms with Crippen molar-refractivity contribution in [3.8, 4) is 0 Å². The molecule has 0 bridgehead atoms. The van der Waals surface area contributed by atoms with E-state index in [1.165, 1.54) is 18.0 Å². The van der Waals surface area contributed by atoms with Gasteiger partial charge in [-0.05, 0) is 60.9 Å². The lowest BCUT2D eigenvalue weighted by Crippen LogP contribution is -2.43. The van der Waals surface area contributed by atoms with Gasteiger partial charge in [0.1, 0.15) is 11.9 Å². The van der Waals surface area contributed by atoms with Gasteiger partial charge in [0.05, 0.1) is 17.4 Å². The van der Waals surface area contributed by atoms with Gasteiger partial charge in [-0.3, -0.25) is 9.69 Å². The number of likely N-dealkylation sites (tertiary alicyclic amines) is 2. The highest BCUT2D eigenvalue weighted by atomic mass is 19.1. The van der Waals surface area contributed by atoms with Gasteiger partial charge in [-0.15, -0.1) is 0 Å². The average Bonchev–Trinajstić information content (AvgIpc) is 3.48. The fourth-order valence-corrected chi connectivity index (χ4v) is 6.89. The number of imidazole rings is 1. The summed E-state index contributed by atoms with van der Waals surface area (Å²) in [7, 11) is 0. The molecule has 2 aliphatic heterocycles.